The van der Waals surface area contributed by atoms with Crippen LogP contribution in [0.2, 0.25) is 0 Å². The molecule has 0 unspecified atom stereocenters. The van der Waals surface area contributed by atoms with Crippen molar-refractivity contribution in [2.75, 3.05) is 25.5 Å². The van der Waals surface area contributed by atoms with Gasteiger partial charge in [0.05, 0.1) is 0 Å². The van der Waals surface area contributed by atoms with Crippen LogP contribution in [0.5, 0.6) is 0 Å². The molecule has 1 aliphatic carbocycles. The zero-order valence-electron chi connectivity index (χ0n) is 14.4. The van der Waals surface area contributed by atoms with Gasteiger partial charge in [-0.1, -0.05) is 37.0 Å². The van der Waals surface area contributed by atoms with Crippen molar-refractivity contribution in [3.05, 3.63) is 5.01 Å². The van der Waals surface area contributed by atoms with Gasteiger partial charge in [0.1, 0.15) is 5.01 Å². The van der Waals surface area contributed by atoms with Crippen LogP contribution in [0.25, 0.3) is 0 Å². The molecule has 2 bridgehead atoms. The van der Waals surface area contributed by atoms with Gasteiger partial charge in [0.15, 0.2) is 0 Å². The van der Waals surface area contributed by atoms with E-state index in [9.17, 15) is 4.79 Å². The first-order valence-electron chi connectivity index (χ1n) is 9.29. The van der Waals surface area contributed by atoms with Crippen molar-refractivity contribution < 1.29 is 4.79 Å². The van der Waals surface area contributed by atoms with Gasteiger partial charge in [-0.05, 0) is 32.2 Å². The van der Waals surface area contributed by atoms with Crippen molar-refractivity contribution in [2.45, 2.75) is 63.5 Å². The van der Waals surface area contributed by atoms with Gasteiger partial charge in [-0.2, -0.15) is 0 Å². The summed E-state index contributed by atoms with van der Waals surface area (Å²) in [5.41, 5.74) is 0. The van der Waals surface area contributed by atoms with Crippen LogP contribution in [0.15, 0.2) is 0 Å². The van der Waals surface area contributed by atoms with Crippen LogP contribution in [0.4, 0.5) is 9.93 Å². The number of hydrogen-bond acceptors (Lipinski definition) is 5. The van der Waals surface area contributed by atoms with E-state index in [4.69, 9.17) is 0 Å². The fourth-order valence-corrected chi connectivity index (χ4v) is 5.36. The van der Waals surface area contributed by atoms with Gasteiger partial charge >= 0.3 is 6.03 Å². The molecule has 24 heavy (non-hydrogen) atoms. The molecule has 3 heterocycles. The highest BCUT2D eigenvalue weighted by Crippen LogP contribution is 2.30. The number of nitrogens with one attached hydrogen (secondary N) is 1. The van der Waals surface area contributed by atoms with E-state index in [2.05, 4.69) is 27.5 Å². The second-order valence-corrected chi connectivity index (χ2v) is 8.63. The van der Waals surface area contributed by atoms with Crippen LogP contribution in [-0.4, -0.2) is 58.2 Å². The molecule has 4 rings (SSSR count). The summed E-state index contributed by atoms with van der Waals surface area (Å²) < 4.78 is 0. The molecule has 3 fully saturated rings. The summed E-state index contributed by atoms with van der Waals surface area (Å²) >= 11 is 1.54. The van der Waals surface area contributed by atoms with E-state index in [1.54, 1.807) is 11.3 Å². The monoisotopic (exact) mass is 349 g/mol. The van der Waals surface area contributed by atoms with E-state index in [0.29, 0.717) is 17.2 Å². The zero-order chi connectivity index (χ0) is 16.5. The average molecular weight is 350 g/mol. The average Bonchev–Trinajstić information content (AvgIpc) is 3.24. The van der Waals surface area contributed by atoms with Gasteiger partial charge in [0, 0.05) is 31.6 Å². The lowest BCUT2D eigenvalue weighted by atomic mass is 10.1. The predicted octanol–water partition coefficient (Wildman–Crippen LogP) is 2.97. The van der Waals surface area contributed by atoms with Gasteiger partial charge in [-0.15, -0.1) is 10.2 Å². The van der Waals surface area contributed by atoms with Crippen LogP contribution < -0.4 is 5.32 Å². The summed E-state index contributed by atoms with van der Waals surface area (Å²) in [5.74, 6) is 0.762. The topological polar surface area (TPSA) is 61.4 Å². The lowest BCUT2D eigenvalue weighted by Gasteiger charge is -2.25. The molecule has 0 spiro atoms. The Morgan fingerprint density at radius 3 is 2.79 bits per heavy atom. The number of fused-ring (bicyclic) bond motifs is 2. The molecule has 1 aromatic heterocycles. The fraction of sp³-hybridized carbons (Fsp3) is 0.824. The van der Waals surface area contributed by atoms with E-state index in [1.807, 2.05) is 4.90 Å². The molecular formula is C17H27N5OS. The number of likely N-dealkylation sites (tertiary alicyclic amines) is 1. The molecule has 7 heteroatoms. The van der Waals surface area contributed by atoms with Crippen molar-refractivity contribution in [1.82, 2.24) is 20.0 Å². The van der Waals surface area contributed by atoms with E-state index >= 15 is 0 Å². The molecule has 0 aromatic carbocycles. The third-order valence-electron chi connectivity index (χ3n) is 6.05. The quantitative estimate of drug-likeness (QED) is 0.911. The Balaban J connectivity index is 1.33. The summed E-state index contributed by atoms with van der Waals surface area (Å²) in [4.78, 5) is 17.0. The molecule has 2 atom stereocenters. The number of nitrogens with zero attached hydrogens (tertiary/aromatic N) is 4. The van der Waals surface area contributed by atoms with E-state index in [0.717, 1.165) is 36.9 Å². The van der Waals surface area contributed by atoms with Crippen molar-refractivity contribution >= 4 is 22.5 Å². The minimum Gasteiger partial charge on any atom is -0.323 e. The van der Waals surface area contributed by atoms with Crippen LogP contribution in [0, 0.1) is 5.92 Å². The molecule has 1 N–H and O–H groups in total. The van der Waals surface area contributed by atoms with Crippen LogP contribution in [-0.2, 0) is 6.42 Å². The molecule has 132 valence electrons. The van der Waals surface area contributed by atoms with E-state index < -0.39 is 0 Å². The molecule has 2 amide bonds. The molecule has 6 nitrogen and oxygen atoms in total. The predicted molar refractivity (Wildman–Crippen MR) is 95.4 cm³/mol. The lowest BCUT2D eigenvalue weighted by Crippen LogP contribution is -2.41. The second kappa shape index (κ2) is 6.96. The van der Waals surface area contributed by atoms with Crippen molar-refractivity contribution in [1.29, 1.82) is 0 Å². The molecule has 1 aromatic rings. The summed E-state index contributed by atoms with van der Waals surface area (Å²) in [6.07, 6.45) is 9.88. The number of carbonyl (C=O) groups excluding carboxylic acids is 1. The Bertz CT molecular complexity index is 585. The number of aromatic nitrogens is 2. The van der Waals surface area contributed by atoms with E-state index in [1.165, 1.54) is 38.5 Å². The molecule has 2 aliphatic heterocycles. The van der Waals surface area contributed by atoms with Crippen molar-refractivity contribution in [3.63, 3.8) is 0 Å². The largest absolute Gasteiger partial charge is 0.323 e. The maximum Gasteiger partial charge on any atom is 0.323 e. The number of rotatable bonds is 3. The maximum absolute atomic E-state index is 12.6. The molecule has 1 saturated carbocycles. The number of carbonyl (C=O) groups is 1. The highest BCUT2D eigenvalue weighted by molar-refractivity contribution is 7.15. The normalized spacial score (nSPS) is 28.3. The fourth-order valence-electron chi connectivity index (χ4n) is 4.51. The summed E-state index contributed by atoms with van der Waals surface area (Å²) in [6.45, 7) is 1.66. The second-order valence-electron chi connectivity index (χ2n) is 7.57. The van der Waals surface area contributed by atoms with E-state index in [-0.39, 0.29) is 6.03 Å². The Morgan fingerprint density at radius 1 is 1.17 bits per heavy atom. The van der Waals surface area contributed by atoms with Gasteiger partial charge in [0.25, 0.3) is 0 Å². The third-order valence-corrected chi connectivity index (χ3v) is 6.92. The lowest BCUT2D eigenvalue weighted by molar-refractivity contribution is 0.200. The standard InChI is InChI=1S/C17H27N5OS/c1-21-13-6-7-14(21)11-22(9-8-13)17(23)18-16-20-19-15(24-16)10-12-4-2-3-5-12/h12-14H,2-11H2,1H3,(H,18,20,23)/t13-,14-/m1/s1. The Kier molecular flexibility index (Phi) is 4.72. The Hall–Kier alpha value is -1.21. The number of hydrogen-bond donors (Lipinski definition) is 1. The SMILES string of the molecule is CN1[C@@H]2CC[C@@H]1CN(C(=O)Nc1nnc(CC3CCCC3)s1)CC2. The number of urea groups is 1. The first-order valence-corrected chi connectivity index (χ1v) is 10.1. The highest BCUT2D eigenvalue weighted by atomic mass is 32.1. The zero-order valence-corrected chi connectivity index (χ0v) is 15.2. The third kappa shape index (κ3) is 3.42. The summed E-state index contributed by atoms with van der Waals surface area (Å²) in [6, 6.07) is 1.14. The van der Waals surface area contributed by atoms with Gasteiger partial charge in [0.2, 0.25) is 5.13 Å². The van der Waals surface area contributed by atoms with Gasteiger partial charge < -0.3 is 4.90 Å². The summed E-state index contributed by atoms with van der Waals surface area (Å²) in [5, 5.41) is 13.1. The molecule has 2 saturated heterocycles. The number of anilines is 1. The van der Waals surface area contributed by atoms with Gasteiger partial charge in [-0.25, -0.2) is 4.79 Å². The Labute approximate surface area is 147 Å². The maximum atomic E-state index is 12.6. The summed E-state index contributed by atoms with van der Waals surface area (Å²) in [7, 11) is 2.20. The molecular weight excluding hydrogens is 322 g/mol. The molecule has 0 radical (unpaired) electrons. The van der Waals surface area contributed by atoms with Crippen molar-refractivity contribution in [2.24, 2.45) is 5.92 Å². The van der Waals surface area contributed by atoms with Crippen LogP contribution in [0.1, 0.15) is 50.0 Å². The van der Waals surface area contributed by atoms with Crippen LogP contribution >= 0.6 is 11.3 Å². The highest BCUT2D eigenvalue weighted by Gasteiger charge is 2.36. The minimum absolute atomic E-state index is 0.0143. The smallest absolute Gasteiger partial charge is 0.323 e. The number of likely N-dealkylation sites (N-methyl/N-ethyl adjacent to an activating group) is 1. The minimum atomic E-state index is -0.0143. The molecule has 3 aliphatic rings. The first kappa shape index (κ1) is 16.3. The number of amides is 2. The Morgan fingerprint density at radius 2 is 1.96 bits per heavy atom. The van der Waals surface area contributed by atoms with Crippen LogP contribution in [0.3, 0.4) is 0 Å². The first-order chi connectivity index (χ1) is 11.7. The van der Waals surface area contributed by atoms with Crippen molar-refractivity contribution in [3.8, 4) is 0 Å². The van der Waals surface area contributed by atoms with Gasteiger partial charge in [-0.3, -0.25) is 10.2 Å².